The zero-order valence-corrected chi connectivity index (χ0v) is 30.9. The third kappa shape index (κ3) is 6.26. The van der Waals surface area contributed by atoms with Crippen molar-refractivity contribution < 1.29 is 68.3 Å². The van der Waals surface area contributed by atoms with Gasteiger partial charge in [0.25, 0.3) is 0 Å². The maximum Gasteiger partial charge on any atom is 0.331 e. The van der Waals surface area contributed by atoms with Crippen LogP contribution in [0.3, 0.4) is 0 Å². The van der Waals surface area contributed by atoms with Crippen molar-refractivity contribution in [1.82, 2.24) is 0 Å². The van der Waals surface area contributed by atoms with Gasteiger partial charge in [0.15, 0.2) is 18.7 Å². The highest BCUT2D eigenvalue weighted by molar-refractivity contribution is 5.85. The van der Waals surface area contributed by atoms with Gasteiger partial charge in [-0.2, -0.15) is 0 Å². The summed E-state index contributed by atoms with van der Waals surface area (Å²) in [6.45, 7) is 7.39. The minimum atomic E-state index is -1.63. The SMILES string of the molecule is CO[C@H]1[C@H](OC(C)=O)[C@H](O[C@H]2CC[C@@]3(C)[C@H](CC[C@@H]4[C@@H]3CC[C@]3(C)[C@@H](C5=CC(=O)OC5)CC[C@]43O)C2)O[C@@H](C)[C@@H]1O[C@@H]1O[C@H](CO)[C@@H](O)[C@H](O)[C@H]1O. The van der Waals surface area contributed by atoms with Crippen LogP contribution in [0.5, 0.6) is 0 Å². The molecule has 52 heavy (non-hydrogen) atoms. The Bertz CT molecular complexity index is 1370. The van der Waals surface area contributed by atoms with Crippen molar-refractivity contribution in [2.24, 2.45) is 34.5 Å². The maximum atomic E-state index is 12.6. The number of methoxy groups -OCH3 is 1. The normalized spacial score (nSPS) is 51.8. The molecule has 0 aromatic rings. The van der Waals surface area contributed by atoms with E-state index >= 15 is 0 Å². The number of cyclic esters (lactones) is 1. The standard InChI is InChI=1S/C38H58O14/c1-18-31(52-34-30(44)29(43)28(42)26(16-39)51-34)32(46-5)33(49-19(2)40)35(48-18)50-22-8-11-36(3)21(15-22)6-7-25-24(36)9-12-37(4)23(10-13-38(25,37)45)20-14-27(41)47-17-20/h14,18,21-26,28-35,39,42-45H,6-13,15-17H2,1-5H3/t18-,21+,22-,23+,24-,25+,26+,28+,29-,30+,31-,32+,33-,34-,35-,36-,37+,38-/m0/s1. The molecule has 14 nitrogen and oxygen atoms in total. The van der Waals surface area contributed by atoms with Gasteiger partial charge in [0, 0.05) is 25.5 Å². The largest absolute Gasteiger partial charge is 0.458 e. The first-order valence-corrected chi connectivity index (χ1v) is 19.2. The number of ether oxygens (including phenoxy) is 7. The minimum Gasteiger partial charge on any atom is -0.458 e. The monoisotopic (exact) mass is 738 g/mol. The average Bonchev–Trinajstić information content (AvgIpc) is 3.65. The summed E-state index contributed by atoms with van der Waals surface area (Å²) in [6, 6.07) is 0. The Balaban J connectivity index is 1.03. The number of aliphatic hydroxyl groups is 5. The number of rotatable bonds is 8. The van der Waals surface area contributed by atoms with Crippen LogP contribution in [0.1, 0.15) is 85.5 Å². The van der Waals surface area contributed by atoms with Crippen LogP contribution in [0.2, 0.25) is 0 Å². The molecule has 18 atom stereocenters. The van der Waals surface area contributed by atoms with Crippen LogP contribution in [0, 0.1) is 34.5 Å². The Morgan fingerprint density at radius 1 is 0.904 bits per heavy atom. The van der Waals surface area contributed by atoms with Crippen molar-refractivity contribution in [3.05, 3.63) is 11.6 Å². The number of hydrogen-bond acceptors (Lipinski definition) is 14. The molecule has 0 unspecified atom stereocenters. The van der Waals surface area contributed by atoms with E-state index in [0.29, 0.717) is 18.4 Å². The van der Waals surface area contributed by atoms with Gasteiger partial charge in [-0.15, -0.1) is 0 Å². The molecular weight excluding hydrogens is 680 g/mol. The van der Waals surface area contributed by atoms with E-state index in [2.05, 4.69) is 13.8 Å². The van der Waals surface area contributed by atoms with Crippen LogP contribution in [-0.2, 0) is 42.7 Å². The van der Waals surface area contributed by atoms with E-state index in [1.165, 1.54) is 14.0 Å². The highest BCUT2D eigenvalue weighted by Gasteiger charge is 2.68. The molecule has 0 aromatic carbocycles. The predicted molar refractivity (Wildman–Crippen MR) is 180 cm³/mol. The Morgan fingerprint density at radius 3 is 2.35 bits per heavy atom. The highest BCUT2D eigenvalue weighted by Crippen LogP contribution is 2.70. The lowest BCUT2D eigenvalue weighted by atomic mass is 9.43. The van der Waals surface area contributed by atoms with E-state index in [0.717, 1.165) is 63.4 Å². The molecule has 0 amide bonds. The van der Waals surface area contributed by atoms with Crippen LogP contribution in [-0.4, -0.2) is 131 Å². The molecule has 5 N–H and O–H groups in total. The Labute approximate surface area is 305 Å². The lowest BCUT2D eigenvalue weighted by Gasteiger charge is -2.64. The van der Waals surface area contributed by atoms with E-state index in [-0.39, 0.29) is 34.7 Å². The fourth-order valence-corrected chi connectivity index (χ4v) is 11.9. The summed E-state index contributed by atoms with van der Waals surface area (Å²) in [5.41, 5.74) is -0.0196. The summed E-state index contributed by atoms with van der Waals surface area (Å²) >= 11 is 0. The van der Waals surface area contributed by atoms with Gasteiger partial charge in [-0.3, -0.25) is 4.79 Å². The second-order valence-corrected chi connectivity index (χ2v) is 17.1. The Hall–Kier alpha value is -1.72. The van der Waals surface area contributed by atoms with Crippen molar-refractivity contribution in [2.45, 2.75) is 159 Å². The second-order valence-electron chi connectivity index (χ2n) is 17.1. The van der Waals surface area contributed by atoms with Crippen molar-refractivity contribution in [3.63, 3.8) is 0 Å². The van der Waals surface area contributed by atoms with Crippen molar-refractivity contribution in [1.29, 1.82) is 0 Å². The predicted octanol–water partition coefficient (Wildman–Crippen LogP) is 1.51. The van der Waals surface area contributed by atoms with Crippen LogP contribution < -0.4 is 0 Å². The molecule has 7 rings (SSSR count). The van der Waals surface area contributed by atoms with Gasteiger partial charge in [0.1, 0.15) is 43.2 Å². The fourth-order valence-electron chi connectivity index (χ4n) is 11.9. The minimum absolute atomic E-state index is 0.0268. The van der Waals surface area contributed by atoms with Crippen LogP contribution in [0.25, 0.3) is 0 Å². The molecule has 14 heteroatoms. The molecule has 4 aliphatic carbocycles. The first-order valence-electron chi connectivity index (χ1n) is 19.2. The molecule has 0 spiro atoms. The van der Waals surface area contributed by atoms with Gasteiger partial charge in [-0.1, -0.05) is 13.8 Å². The van der Waals surface area contributed by atoms with Gasteiger partial charge in [0.2, 0.25) is 0 Å². The summed E-state index contributed by atoms with van der Waals surface area (Å²) < 4.78 is 41.5. The number of carbonyl (C=O) groups excluding carboxylic acids is 2. The molecule has 4 saturated carbocycles. The van der Waals surface area contributed by atoms with E-state index in [1.54, 1.807) is 13.0 Å². The molecule has 0 bridgehead atoms. The highest BCUT2D eigenvalue weighted by atomic mass is 16.8. The lowest BCUT2D eigenvalue weighted by Crippen LogP contribution is -2.65. The van der Waals surface area contributed by atoms with Crippen LogP contribution >= 0.6 is 0 Å². The van der Waals surface area contributed by atoms with Crippen LogP contribution in [0.15, 0.2) is 11.6 Å². The Morgan fingerprint density at radius 2 is 1.67 bits per heavy atom. The van der Waals surface area contributed by atoms with Crippen molar-refractivity contribution in [2.75, 3.05) is 20.3 Å². The number of hydrogen-bond donors (Lipinski definition) is 5. The lowest BCUT2D eigenvalue weighted by molar-refractivity contribution is -0.362. The summed E-state index contributed by atoms with van der Waals surface area (Å²) in [5, 5.41) is 53.4. The molecule has 294 valence electrons. The zero-order valence-electron chi connectivity index (χ0n) is 30.9. The number of esters is 2. The Kier molecular flexibility index (Phi) is 10.7. The quantitative estimate of drug-likeness (QED) is 0.177. The van der Waals surface area contributed by atoms with E-state index in [4.69, 9.17) is 33.2 Å². The summed E-state index contributed by atoms with van der Waals surface area (Å²) in [4.78, 5) is 24.3. The summed E-state index contributed by atoms with van der Waals surface area (Å²) in [7, 11) is 1.44. The summed E-state index contributed by atoms with van der Waals surface area (Å²) in [6.07, 6.45) is -2.55. The molecule has 3 heterocycles. The fraction of sp³-hybridized carbons (Fsp3) is 0.895. The molecule has 0 aromatic heterocycles. The third-order valence-electron chi connectivity index (χ3n) is 14.7. The van der Waals surface area contributed by atoms with Gasteiger partial charge in [-0.25, -0.2) is 4.79 Å². The smallest absolute Gasteiger partial charge is 0.331 e. The van der Waals surface area contributed by atoms with Gasteiger partial charge >= 0.3 is 11.9 Å². The average molecular weight is 739 g/mol. The molecule has 3 aliphatic heterocycles. The number of aliphatic hydroxyl groups excluding tert-OH is 4. The zero-order chi connectivity index (χ0) is 37.3. The van der Waals surface area contributed by atoms with Crippen molar-refractivity contribution >= 4 is 11.9 Å². The third-order valence-corrected chi connectivity index (χ3v) is 14.7. The molecule has 7 aliphatic rings. The first-order chi connectivity index (χ1) is 24.6. The summed E-state index contributed by atoms with van der Waals surface area (Å²) in [5.74, 6) is 0.237. The topological polar surface area (TPSA) is 200 Å². The first kappa shape index (κ1) is 38.6. The molecule has 2 saturated heterocycles. The van der Waals surface area contributed by atoms with Gasteiger partial charge in [0.05, 0.1) is 24.4 Å². The number of fused-ring (bicyclic) bond motifs is 5. The van der Waals surface area contributed by atoms with E-state index < -0.39 is 79.6 Å². The van der Waals surface area contributed by atoms with E-state index in [1.807, 2.05) is 0 Å². The van der Waals surface area contributed by atoms with Crippen LogP contribution in [0.4, 0.5) is 0 Å². The number of carbonyl (C=O) groups is 2. The maximum absolute atomic E-state index is 12.6. The second kappa shape index (κ2) is 14.4. The molecular formula is C38H58O14. The van der Waals surface area contributed by atoms with Gasteiger partial charge < -0.3 is 58.7 Å². The molecule has 0 radical (unpaired) electrons. The van der Waals surface area contributed by atoms with Gasteiger partial charge in [-0.05, 0) is 99.4 Å². The molecule has 6 fully saturated rings. The van der Waals surface area contributed by atoms with E-state index in [9.17, 15) is 35.1 Å². The van der Waals surface area contributed by atoms with Crippen molar-refractivity contribution in [3.8, 4) is 0 Å².